The molecule has 2 N–H and O–H groups in total. The molecule has 3 nitrogen and oxygen atoms in total. The molecule has 1 aromatic rings. The Labute approximate surface area is 50.9 Å². The van der Waals surface area contributed by atoms with Crippen LogP contribution in [0.5, 0.6) is 0 Å². The third kappa shape index (κ3) is 1.04. The molecular weight excluding hydrogens is 122 g/mol. The minimum atomic E-state index is 0.840. The lowest BCUT2D eigenvalue weighted by atomic mass is 10.8. The average Bonchev–Trinajstić information content (AvgIpc) is 2.19. The van der Waals surface area contributed by atoms with Crippen LogP contribution in [0.25, 0.3) is 0 Å². The van der Waals surface area contributed by atoms with Crippen molar-refractivity contribution in [3.05, 3.63) is 16.6 Å². The number of nitrogens with two attached hydrogens (primary N) is 1. The second kappa shape index (κ2) is 2.42. The molecule has 4 heteroatoms. The molecular formula is C4H5N3S. The fourth-order valence-corrected chi connectivity index (χ4v) is 0.867. The van der Waals surface area contributed by atoms with Gasteiger partial charge >= 0.3 is 0 Å². The van der Waals surface area contributed by atoms with Crippen LogP contribution in [0, 0.1) is 0 Å². The summed E-state index contributed by atoms with van der Waals surface area (Å²) in [6.07, 6.45) is 3.23. The second-order valence-electron chi connectivity index (χ2n) is 1.15. The maximum atomic E-state index is 4.86. The molecule has 0 aliphatic heterocycles. The Kier molecular flexibility index (Phi) is 1.58. The van der Waals surface area contributed by atoms with E-state index in [-0.39, 0.29) is 0 Å². The van der Waals surface area contributed by atoms with Gasteiger partial charge in [0.1, 0.15) is 5.01 Å². The lowest BCUT2D eigenvalue weighted by Gasteiger charge is -1.73. The minimum absolute atomic E-state index is 0.840. The molecule has 0 aliphatic rings. The predicted molar refractivity (Wildman–Crippen MR) is 33.9 cm³/mol. The van der Waals surface area contributed by atoms with Crippen molar-refractivity contribution >= 4 is 17.6 Å². The summed E-state index contributed by atoms with van der Waals surface area (Å²) < 4.78 is 0. The molecule has 0 spiro atoms. The minimum Gasteiger partial charge on any atom is -0.323 e. The molecule has 0 atom stereocenters. The third-order valence-corrected chi connectivity index (χ3v) is 1.35. The summed E-state index contributed by atoms with van der Waals surface area (Å²) in [5.74, 6) is 4.86. The van der Waals surface area contributed by atoms with Crippen LogP contribution in [-0.2, 0) is 0 Å². The molecule has 0 unspecified atom stereocenters. The summed E-state index contributed by atoms with van der Waals surface area (Å²) >= 11 is 1.51. The summed E-state index contributed by atoms with van der Waals surface area (Å²) in [6, 6.07) is 0. The lowest BCUT2D eigenvalue weighted by molar-refractivity contribution is 1.25. The van der Waals surface area contributed by atoms with Gasteiger partial charge in [-0.25, -0.2) is 4.98 Å². The van der Waals surface area contributed by atoms with Crippen LogP contribution in [0.3, 0.4) is 0 Å². The number of hydrazone groups is 1. The van der Waals surface area contributed by atoms with Crippen molar-refractivity contribution in [2.75, 3.05) is 0 Å². The number of hydrogen-bond donors (Lipinski definition) is 1. The Morgan fingerprint density at radius 1 is 1.88 bits per heavy atom. The van der Waals surface area contributed by atoms with Gasteiger partial charge in [-0.3, -0.25) is 0 Å². The van der Waals surface area contributed by atoms with Crippen LogP contribution >= 0.6 is 11.3 Å². The van der Waals surface area contributed by atoms with Crippen LogP contribution in [0.2, 0.25) is 0 Å². The fraction of sp³-hybridized carbons (Fsp3) is 0. The second-order valence-corrected chi connectivity index (χ2v) is 2.07. The van der Waals surface area contributed by atoms with E-state index in [1.807, 2.05) is 5.38 Å². The highest BCUT2D eigenvalue weighted by Gasteiger charge is 1.84. The van der Waals surface area contributed by atoms with Crippen LogP contribution < -0.4 is 5.84 Å². The van der Waals surface area contributed by atoms with Gasteiger partial charge in [-0.05, 0) is 0 Å². The molecule has 1 aromatic heterocycles. The fourth-order valence-electron chi connectivity index (χ4n) is 0.362. The Morgan fingerprint density at radius 3 is 3.25 bits per heavy atom. The molecule has 1 rings (SSSR count). The van der Waals surface area contributed by atoms with Gasteiger partial charge < -0.3 is 5.84 Å². The zero-order valence-corrected chi connectivity index (χ0v) is 4.93. The van der Waals surface area contributed by atoms with Gasteiger partial charge in [-0.15, -0.1) is 11.3 Å². The predicted octanol–water partition coefficient (Wildman–Crippen LogP) is 0.436. The van der Waals surface area contributed by atoms with Crippen molar-refractivity contribution in [2.45, 2.75) is 0 Å². The molecule has 1 heterocycles. The van der Waals surface area contributed by atoms with Crippen LogP contribution in [0.4, 0.5) is 0 Å². The van der Waals surface area contributed by atoms with Crippen molar-refractivity contribution in [3.63, 3.8) is 0 Å². The van der Waals surface area contributed by atoms with E-state index in [0.717, 1.165) is 5.01 Å². The van der Waals surface area contributed by atoms with Crippen molar-refractivity contribution in [2.24, 2.45) is 10.9 Å². The molecule has 0 radical (unpaired) electrons. The van der Waals surface area contributed by atoms with Crippen molar-refractivity contribution in [1.29, 1.82) is 0 Å². The molecule has 42 valence electrons. The summed E-state index contributed by atoms with van der Waals surface area (Å²) in [7, 11) is 0. The van der Waals surface area contributed by atoms with Gasteiger partial charge in [0.15, 0.2) is 0 Å². The first-order chi connectivity index (χ1) is 3.93. The van der Waals surface area contributed by atoms with Crippen molar-refractivity contribution in [3.8, 4) is 0 Å². The standard InChI is InChI=1S/C4H5N3S/c5-7-3-4-6-1-2-8-4/h1-3H,5H2. The van der Waals surface area contributed by atoms with Gasteiger partial charge in [0.05, 0.1) is 6.21 Å². The summed E-state index contributed by atoms with van der Waals surface area (Å²) in [5, 5.41) is 6.01. The normalized spacial score (nSPS) is 10.5. The van der Waals surface area contributed by atoms with Gasteiger partial charge in [0.25, 0.3) is 0 Å². The Bertz CT molecular complexity index is 167. The highest BCUT2D eigenvalue weighted by atomic mass is 32.1. The highest BCUT2D eigenvalue weighted by Crippen LogP contribution is 1.98. The number of nitrogens with zero attached hydrogens (tertiary/aromatic N) is 2. The van der Waals surface area contributed by atoms with E-state index in [4.69, 9.17) is 5.84 Å². The largest absolute Gasteiger partial charge is 0.323 e. The molecule has 0 saturated carbocycles. The van der Waals surface area contributed by atoms with E-state index < -0.39 is 0 Å². The smallest absolute Gasteiger partial charge is 0.136 e. The van der Waals surface area contributed by atoms with E-state index in [1.54, 1.807) is 6.20 Å². The van der Waals surface area contributed by atoms with Crippen molar-refractivity contribution in [1.82, 2.24) is 4.98 Å². The van der Waals surface area contributed by atoms with Gasteiger partial charge in [-0.1, -0.05) is 0 Å². The summed E-state index contributed by atoms with van der Waals surface area (Å²) in [4.78, 5) is 3.90. The molecule has 0 bridgehead atoms. The number of hydrogen-bond acceptors (Lipinski definition) is 4. The molecule has 0 fully saturated rings. The van der Waals surface area contributed by atoms with Crippen LogP contribution in [0.15, 0.2) is 16.7 Å². The van der Waals surface area contributed by atoms with Crippen LogP contribution in [-0.4, -0.2) is 11.2 Å². The van der Waals surface area contributed by atoms with E-state index >= 15 is 0 Å². The Balaban J connectivity index is 2.77. The zero-order valence-electron chi connectivity index (χ0n) is 4.11. The first kappa shape index (κ1) is 5.24. The summed E-state index contributed by atoms with van der Waals surface area (Å²) in [5.41, 5.74) is 0. The van der Waals surface area contributed by atoms with Gasteiger partial charge in [0.2, 0.25) is 0 Å². The summed E-state index contributed by atoms with van der Waals surface area (Å²) in [6.45, 7) is 0. The zero-order chi connectivity index (χ0) is 5.82. The molecule has 0 amide bonds. The maximum absolute atomic E-state index is 4.86. The monoisotopic (exact) mass is 127 g/mol. The molecule has 0 saturated heterocycles. The molecule has 0 aliphatic carbocycles. The van der Waals surface area contributed by atoms with E-state index in [1.165, 1.54) is 17.6 Å². The first-order valence-electron chi connectivity index (χ1n) is 2.06. The number of thiazole rings is 1. The highest BCUT2D eigenvalue weighted by molar-refractivity contribution is 7.11. The Morgan fingerprint density at radius 2 is 2.75 bits per heavy atom. The lowest BCUT2D eigenvalue weighted by Crippen LogP contribution is -1.82. The van der Waals surface area contributed by atoms with Crippen LogP contribution in [0.1, 0.15) is 5.01 Å². The Hall–Kier alpha value is -0.900. The van der Waals surface area contributed by atoms with E-state index in [2.05, 4.69) is 10.1 Å². The quantitative estimate of drug-likeness (QED) is 0.338. The van der Waals surface area contributed by atoms with E-state index in [9.17, 15) is 0 Å². The third-order valence-electron chi connectivity index (χ3n) is 0.636. The van der Waals surface area contributed by atoms with Gasteiger partial charge in [0, 0.05) is 11.6 Å². The molecule has 8 heavy (non-hydrogen) atoms. The molecule has 0 aromatic carbocycles. The van der Waals surface area contributed by atoms with Crippen molar-refractivity contribution < 1.29 is 0 Å². The number of aromatic nitrogens is 1. The SMILES string of the molecule is NN=Cc1nccs1. The number of rotatable bonds is 1. The van der Waals surface area contributed by atoms with E-state index in [0.29, 0.717) is 0 Å². The topological polar surface area (TPSA) is 51.3 Å². The first-order valence-corrected chi connectivity index (χ1v) is 2.94. The maximum Gasteiger partial charge on any atom is 0.136 e. The van der Waals surface area contributed by atoms with Gasteiger partial charge in [-0.2, -0.15) is 5.10 Å². The average molecular weight is 127 g/mol.